The monoisotopic (exact) mass is 307 g/mol. The summed E-state index contributed by atoms with van der Waals surface area (Å²) in [6.07, 6.45) is 0.716. The van der Waals surface area contributed by atoms with Crippen LogP contribution in [-0.2, 0) is 17.6 Å². The number of hydrogen-bond donors (Lipinski definition) is 3. The highest BCUT2D eigenvalue weighted by Crippen LogP contribution is 2.25. The predicted molar refractivity (Wildman–Crippen MR) is 86.9 cm³/mol. The maximum atomic E-state index is 11.7. The van der Waals surface area contributed by atoms with Crippen LogP contribution < -0.4 is 5.48 Å². The van der Waals surface area contributed by atoms with E-state index < -0.39 is 5.91 Å². The number of H-pyrrole nitrogens is 1. The first-order valence-corrected chi connectivity index (χ1v) is 7.36. The summed E-state index contributed by atoms with van der Waals surface area (Å²) in [7, 11) is 0. The molecule has 0 spiro atoms. The Morgan fingerprint density at radius 3 is 2.35 bits per heavy atom. The number of nitrogens with zero attached hydrogens (tertiary/aromatic N) is 1. The Labute approximate surface area is 133 Å². The molecule has 0 aliphatic carbocycles. The third kappa shape index (κ3) is 3.46. The molecule has 2 aromatic carbocycles. The smallest absolute Gasteiger partial charge is 0.247 e. The maximum Gasteiger partial charge on any atom is 0.247 e. The quantitative estimate of drug-likeness (QED) is 0.501. The van der Waals surface area contributed by atoms with Crippen LogP contribution in [0.25, 0.3) is 11.3 Å². The Morgan fingerprint density at radius 2 is 1.70 bits per heavy atom. The van der Waals surface area contributed by atoms with Crippen LogP contribution in [0.5, 0.6) is 0 Å². The van der Waals surface area contributed by atoms with Crippen molar-refractivity contribution in [2.24, 2.45) is 0 Å². The number of rotatable bonds is 5. The molecule has 1 aromatic heterocycles. The first-order chi connectivity index (χ1) is 11.3. The molecule has 0 fully saturated rings. The number of nitrogens with one attached hydrogen (secondary N) is 2. The third-order valence-electron chi connectivity index (χ3n) is 3.69. The van der Waals surface area contributed by atoms with E-state index in [0.717, 1.165) is 28.1 Å². The van der Waals surface area contributed by atoms with Gasteiger partial charge < -0.3 is 0 Å². The van der Waals surface area contributed by atoms with Crippen LogP contribution in [0.4, 0.5) is 0 Å². The molecule has 1 heterocycles. The lowest BCUT2D eigenvalue weighted by Gasteiger charge is -2.06. The van der Waals surface area contributed by atoms with Crippen molar-refractivity contribution in [2.45, 2.75) is 12.8 Å². The molecule has 5 nitrogen and oxygen atoms in total. The highest BCUT2D eigenvalue weighted by atomic mass is 16.5. The normalized spacial score (nSPS) is 10.5. The molecule has 3 aromatic rings. The van der Waals surface area contributed by atoms with E-state index in [1.165, 1.54) is 0 Å². The van der Waals surface area contributed by atoms with Gasteiger partial charge in [-0.2, -0.15) is 5.10 Å². The van der Waals surface area contributed by atoms with Gasteiger partial charge in [0.25, 0.3) is 0 Å². The number of hydrogen-bond acceptors (Lipinski definition) is 3. The SMILES string of the molecule is O=C(Cc1c(-c2ccccc2)n[nH]c1Cc1ccccc1)NO. The van der Waals surface area contributed by atoms with E-state index in [9.17, 15) is 4.79 Å². The average molecular weight is 307 g/mol. The minimum Gasteiger partial charge on any atom is -0.289 e. The van der Waals surface area contributed by atoms with Crippen molar-refractivity contribution in [1.29, 1.82) is 0 Å². The second-order valence-corrected chi connectivity index (χ2v) is 5.27. The molecule has 0 bridgehead atoms. The molecule has 5 heteroatoms. The fraction of sp³-hybridized carbons (Fsp3) is 0.111. The number of benzene rings is 2. The van der Waals surface area contributed by atoms with E-state index in [4.69, 9.17) is 5.21 Å². The molecule has 0 atom stereocenters. The van der Waals surface area contributed by atoms with Gasteiger partial charge in [-0.1, -0.05) is 60.7 Å². The molecule has 0 saturated heterocycles. The summed E-state index contributed by atoms with van der Waals surface area (Å²) < 4.78 is 0. The molecule has 1 amide bonds. The second kappa shape index (κ2) is 6.89. The van der Waals surface area contributed by atoms with E-state index in [1.54, 1.807) is 5.48 Å². The van der Waals surface area contributed by atoms with Gasteiger partial charge in [-0.3, -0.25) is 15.1 Å². The number of carbonyl (C=O) groups is 1. The van der Waals surface area contributed by atoms with E-state index >= 15 is 0 Å². The van der Waals surface area contributed by atoms with Crippen LogP contribution in [0.3, 0.4) is 0 Å². The van der Waals surface area contributed by atoms with E-state index in [0.29, 0.717) is 6.42 Å². The van der Waals surface area contributed by atoms with Crippen LogP contribution >= 0.6 is 0 Å². The average Bonchev–Trinajstić information content (AvgIpc) is 2.99. The molecule has 0 aliphatic heterocycles. The van der Waals surface area contributed by atoms with Crippen LogP contribution in [-0.4, -0.2) is 21.3 Å². The van der Waals surface area contributed by atoms with Gasteiger partial charge in [-0.05, 0) is 5.56 Å². The van der Waals surface area contributed by atoms with Crippen LogP contribution in [0.15, 0.2) is 60.7 Å². The van der Waals surface area contributed by atoms with Gasteiger partial charge in [0.1, 0.15) is 0 Å². The Balaban J connectivity index is 1.99. The third-order valence-corrected chi connectivity index (χ3v) is 3.69. The van der Waals surface area contributed by atoms with Crippen molar-refractivity contribution < 1.29 is 10.0 Å². The second-order valence-electron chi connectivity index (χ2n) is 5.27. The number of amides is 1. The van der Waals surface area contributed by atoms with E-state index in [-0.39, 0.29) is 6.42 Å². The number of aromatic nitrogens is 2. The van der Waals surface area contributed by atoms with Gasteiger partial charge in [0, 0.05) is 23.2 Å². The summed E-state index contributed by atoms with van der Waals surface area (Å²) >= 11 is 0. The summed E-state index contributed by atoms with van der Waals surface area (Å²) in [5.41, 5.74) is 6.16. The summed E-state index contributed by atoms with van der Waals surface area (Å²) in [4.78, 5) is 11.7. The van der Waals surface area contributed by atoms with Gasteiger partial charge in [0.2, 0.25) is 5.91 Å². The lowest BCUT2D eigenvalue weighted by atomic mass is 9.99. The molecule has 3 N–H and O–H groups in total. The van der Waals surface area contributed by atoms with Crippen molar-refractivity contribution >= 4 is 5.91 Å². The predicted octanol–water partition coefficient (Wildman–Crippen LogP) is 2.72. The largest absolute Gasteiger partial charge is 0.289 e. The summed E-state index contributed by atoms with van der Waals surface area (Å²) in [5, 5.41) is 16.3. The number of aromatic amines is 1. The molecule has 0 saturated carbocycles. The van der Waals surface area contributed by atoms with Crippen LogP contribution in [0.2, 0.25) is 0 Å². The van der Waals surface area contributed by atoms with Crippen LogP contribution in [0.1, 0.15) is 16.8 Å². The van der Waals surface area contributed by atoms with Crippen molar-refractivity contribution in [2.75, 3.05) is 0 Å². The van der Waals surface area contributed by atoms with Gasteiger partial charge in [-0.25, -0.2) is 5.48 Å². The molecule has 23 heavy (non-hydrogen) atoms. The van der Waals surface area contributed by atoms with Gasteiger partial charge >= 0.3 is 0 Å². The minimum atomic E-state index is -0.460. The Kier molecular flexibility index (Phi) is 4.49. The van der Waals surface area contributed by atoms with Crippen LogP contribution in [0, 0.1) is 0 Å². The minimum absolute atomic E-state index is 0.0688. The molecule has 116 valence electrons. The van der Waals surface area contributed by atoms with Gasteiger partial charge in [0.05, 0.1) is 12.1 Å². The molecule has 0 aliphatic rings. The maximum absolute atomic E-state index is 11.7. The van der Waals surface area contributed by atoms with Crippen molar-refractivity contribution in [3.63, 3.8) is 0 Å². The number of carbonyl (C=O) groups excluding carboxylic acids is 1. The zero-order chi connectivity index (χ0) is 16.1. The highest BCUT2D eigenvalue weighted by molar-refractivity contribution is 5.80. The standard InChI is InChI=1S/C18H17N3O2/c22-17(21-23)12-15-16(11-13-7-3-1-4-8-13)19-20-18(15)14-9-5-2-6-10-14/h1-10,23H,11-12H2,(H,19,20)(H,21,22). The summed E-state index contributed by atoms with van der Waals surface area (Å²) in [6.45, 7) is 0. The van der Waals surface area contributed by atoms with Gasteiger partial charge in [0.15, 0.2) is 0 Å². The van der Waals surface area contributed by atoms with E-state index in [1.807, 2.05) is 60.7 Å². The van der Waals surface area contributed by atoms with Crippen molar-refractivity contribution in [3.05, 3.63) is 77.5 Å². The summed E-state index contributed by atoms with van der Waals surface area (Å²) in [6, 6.07) is 19.7. The fourth-order valence-electron chi connectivity index (χ4n) is 2.57. The first-order valence-electron chi connectivity index (χ1n) is 7.36. The fourth-order valence-corrected chi connectivity index (χ4v) is 2.57. The molecular formula is C18H17N3O2. The lowest BCUT2D eigenvalue weighted by Crippen LogP contribution is -2.21. The lowest BCUT2D eigenvalue weighted by molar-refractivity contribution is -0.128. The van der Waals surface area contributed by atoms with E-state index in [2.05, 4.69) is 10.2 Å². The Bertz CT molecular complexity index is 783. The van der Waals surface area contributed by atoms with Gasteiger partial charge in [-0.15, -0.1) is 0 Å². The molecule has 0 radical (unpaired) electrons. The van der Waals surface area contributed by atoms with Crippen molar-refractivity contribution in [3.8, 4) is 11.3 Å². The van der Waals surface area contributed by atoms with Crippen molar-refractivity contribution in [1.82, 2.24) is 15.7 Å². The number of hydroxylamine groups is 1. The zero-order valence-corrected chi connectivity index (χ0v) is 12.5. The molecule has 3 rings (SSSR count). The summed E-state index contributed by atoms with van der Waals surface area (Å²) in [5.74, 6) is -0.460. The highest BCUT2D eigenvalue weighted by Gasteiger charge is 2.17. The topological polar surface area (TPSA) is 78.0 Å². The zero-order valence-electron chi connectivity index (χ0n) is 12.5. The molecule has 0 unspecified atom stereocenters. The molecular weight excluding hydrogens is 290 g/mol. The Hall–Kier alpha value is -2.92. The first kappa shape index (κ1) is 15.0. The Morgan fingerprint density at radius 1 is 1.04 bits per heavy atom.